The minimum absolute atomic E-state index is 0.0693. The van der Waals surface area contributed by atoms with E-state index in [1.165, 1.54) is 28.6 Å². The Kier molecular flexibility index (Phi) is 17.0. The Hall–Kier alpha value is -2.78. The minimum Gasteiger partial charge on any atom is -0.382 e. The number of carbonyl (C=O) groups is 2. The minimum atomic E-state index is -4.33. The second-order valence-electron chi connectivity index (χ2n) is 14.2. The zero-order chi connectivity index (χ0) is 39.2. The van der Waals surface area contributed by atoms with E-state index in [0.29, 0.717) is 89.1 Å². The van der Waals surface area contributed by atoms with Gasteiger partial charge < -0.3 is 46.9 Å². The maximum absolute atomic E-state index is 15.9. The number of ether oxygens (including phenoxy) is 2. The monoisotopic (exact) mass is 804 g/mol. The van der Waals surface area contributed by atoms with Crippen molar-refractivity contribution in [3.63, 3.8) is 0 Å². The van der Waals surface area contributed by atoms with Crippen molar-refractivity contribution < 1.29 is 41.4 Å². The molecular weight excluding hydrogens is 747 g/mol. The van der Waals surface area contributed by atoms with E-state index < -0.39 is 45.6 Å². The van der Waals surface area contributed by atoms with Gasteiger partial charge in [-0.15, -0.1) is 0 Å². The van der Waals surface area contributed by atoms with Gasteiger partial charge in [-0.1, -0.05) is 32.1 Å². The molecule has 0 unspecified atom stereocenters. The van der Waals surface area contributed by atoms with Crippen LogP contribution in [0, 0.1) is 5.92 Å². The standard InChI is InChI=1S/C35H58F2N8O7S2/c1-39-33(53)41-14-6-5-9-29(42-27-10-12-28(13-11-27)54(49,50)45-19-23-52-24-20-45)30(46)43-34(38,25-26-7-3-2-4-8-26)31(47)35(36,37)32(48)40-15-16-44-17-21-51-22-18-44/h10-13,26,29,31,42,47H,2-9,14-25,38H2,1H3,(H,40,48)(H,43,46)(H2,39,41,53)/t29-,31-,34-/m0/s1. The van der Waals surface area contributed by atoms with E-state index in [2.05, 4.69) is 26.6 Å². The van der Waals surface area contributed by atoms with Crippen molar-refractivity contribution in [2.24, 2.45) is 11.7 Å². The topological polar surface area (TPSA) is 200 Å². The summed E-state index contributed by atoms with van der Waals surface area (Å²) < 4.78 is 70.0. The number of aliphatic hydroxyl groups is 1. The molecule has 0 spiro atoms. The number of carbonyl (C=O) groups excluding carboxylic acids is 2. The largest absolute Gasteiger partial charge is 0.382 e. The van der Waals surface area contributed by atoms with Gasteiger partial charge in [0.05, 0.1) is 31.3 Å². The fourth-order valence-corrected chi connectivity index (χ4v) is 8.54. The first-order chi connectivity index (χ1) is 25.8. The second-order valence-corrected chi connectivity index (χ2v) is 16.6. The number of hydrogen-bond acceptors (Lipinski definition) is 11. The average Bonchev–Trinajstić information content (AvgIpc) is 3.18. The molecule has 306 valence electrons. The quantitative estimate of drug-likeness (QED) is 0.0593. The lowest BCUT2D eigenvalue weighted by Gasteiger charge is -2.41. The van der Waals surface area contributed by atoms with Gasteiger partial charge in [0, 0.05) is 58.5 Å². The molecule has 3 fully saturated rings. The molecule has 3 atom stereocenters. The molecule has 4 rings (SSSR count). The number of halogens is 2. The van der Waals surface area contributed by atoms with E-state index in [1.807, 2.05) is 4.90 Å². The van der Waals surface area contributed by atoms with Crippen molar-refractivity contribution in [1.29, 1.82) is 0 Å². The predicted octanol–water partition coefficient (Wildman–Crippen LogP) is 0.938. The molecule has 0 bridgehead atoms. The third-order valence-corrected chi connectivity index (χ3v) is 12.5. The predicted molar refractivity (Wildman–Crippen MR) is 204 cm³/mol. The van der Waals surface area contributed by atoms with Gasteiger partial charge in [-0.3, -0.25) is 14.5 Å². The van der Waals surface area contributed by atoms with Crippen LogP contribution in [0.15, 0.2) is 29.2 Å². The van der Waals surface area contributed by atoms with Gasteiger partial charge in [-0.05, 0) is 68.1 Å². The smallest absolute Gasteiger partial charge is 0.353 e. The van der Waals surface area contributed by atoms with Crippen molar-refractivity contribution in [3.8, 4) is 0 Å². The van der Waals surface area contributed by atoms with E-state index >= 15 is 8.78 Å². The van der Waals surface area contributed by atoms with Crippen LogP contribution in [0.5, 0.6) is 0 Å². The molecule has 1 saturated carbocycles. The summed E-state index contributed by atoms with van der Waals surface area (Å²) >= 11 is 5.13. The van der Waals surface area contributed by atoms with Gasteiger partial charge in [0.2, 0.25) is 15.9 Å². The lowest BCUT2D eigenvalue weighted by molar-refractivity contribution is -0.177. The molecule has 2 saturated heterocycles. The van der Waals surface area contributed by atoms with Crippen LogP contribution in [0.1, 0.15) is 57.8 Å². The highest BCUT2D eigenvalue weighted by Gasteiger charge is 2.56. The molecule has 19 heteroatoms. The number of amides is 2. The van der Waals surface area contributed by atoms with Crippen molar-refractivity contribution in [2.45, 2.75) is 86.4 Å². The van der Waals surface area contributed by atoms with Crippen molar-refractivity contribution in [2.75, 3.05) is 84.6 Å². The van der Waals surface area contributed by atoms with Gasteiger partial charge in [0.1, 0.15) is 11.7 Å². The van der Waals surface area contributed by atoms with E-state index in [-0.39, 0.29) is 43.3 Å². The number of nitrogens with two attached hydrogens (primary N) is 1. The molecule has 0 radical (unpaired) electrons. The van der Waals surface area contributed by atoms with Crippen LogP contribution in [0.2, 0.25) is 0 Å². The van der Waals surface area contributed by atoms with Crippen LogP contribution in [-0.2, 0) is 29.1 Å². The van der Waals surface area contributed by atoms with Crippen LogP contribution in [0.4, 0.5) is 14.5 Å². The zero-order valence-corrected chi connectivity index (χ0v) is 32.8. The number of benzene rings is 1. The molecule has 1 aromatic carbocycles. The molecular formula is C35H58F2N8O7S2. The molecule has 0 aromatic heterocycles. The van der Waals surface area contributed by atoms with Crippen molar-refractivity contribution >= 4 is 44.9 Å². The maximum atomic E-state index is 15.9. The number of nitrogens with zero attached hydrogens (tertiary/aromatic N) is 2. The van der Waals surface area contributed by atoms with Gasteiger partial charge in [-0.2, -0.15) is 13.1 Å². The fraction of sp³-hybridized carbons (Fsp3) is 0.743. The molecule has 8 N–H and O–H groups in total. The number of aliphatic hydroxyl groups excluding tert-OH is 1. The number of nitrogens with one attached hydrogen (secondary N) is 5. The van der Waals surface area contributed by atoms with Crippen LogP contribution < -0.4 is 32.3 Å². The molecule has 1 aliphatic carbocycles. The van der Waals surface area contributed by atoms with Crippen LogP contribution in [-0.4, -0.2) is 143 Å². The van der Waals surface area contributed by atoms with Gasteiger partial charge in [0.25, 0.3) is 5.91 Å². The molecule has 1 aromatic rings. The number of morpholine rings is 2. The zero-order valence-electron chi connectivity index (χ0n) is 31.1. The normalized spacial score (nSPS) is 20.2. The first kappa shape index (κ1) is 43.9. The average molecular weight is 805 g/mol. The van der Waals surface area contributed by atoms with Crippen LogP contribution >= 0.6 is 12.2 Å². The highest BCUT2D eigenvalue weighted by Crippen LogP contribution is 2.35. The Morgan fingerprint density at radius 3 is 2.24 bits per heavy atom. The fourth-order valence-electron chi connectivity index (χ4n) is 7.03. The highest BCUT2D eigenvalue weighted by atomic mass is 32.2. The van der Waals surface area contributed by atoms with Crippen molar-refractivity contribution in [3.05, 3.63) is 24.3 Å². The number of sulfonamides is 1. The SMILES string of the molecule is CNC(=S)NCCCC[C@H](Nc1ccc(S(=O)(=O)N2CCOCC2)cc1)C(=O)N[C@@](N)(CC1CCCCC1)[C@H](O)C(F)(F)C(=O)NCCN1CCOCC1. The summed E-state index contributed by atoms with van der Waals surface area (Å²) in [7, 11) is -2.07. The lowest BCUT2D eigenvalue weighted by Crippen LogP contribution is -2.72. The molecule has 15 nitrogen and oxygen atoms in total. The Bertz CT molecular complexity index is 1460. The Labute approximate surface area is 322 Å². The summed E-state index contributed by atoms with van der Waals surface area (Å²) in [5.41, 5.74) is 4.68. The first-order valence-electron chi connectivity index (χ1n) is 18.9. The highest BCUT2D eigenvalue weighted by molar-refractivity contribution is 7.89. The summed E-state index contributed by atoms with van der Waals surface area (Å²) in [4.78, 5) is 29.1. The third-order valence-electron chi connectivity index (χ3n) is 10.2. The maximum Gasteiger partial charge on any atom is 0.353 e. The van der Waals surface area contributed by atoms with Gasteiger partial charge >= 0.3 is 5.92 Å². The summed E-state index contributed by atoms with van der Waals surface area (Å²) in [6, 6.07) is 4.90. The van der Waals surface area contributed by atoms with E-state index in [9.17, 15) is 23.1 Å². The van der Waals surface area contributed by atoms with Crippen LogP contribution in [0.25, 0.3) is 0 Å². The summed E-state index contributed by atoms with van der Waals surface area (Å²) in [6.07, 6.45) is 2.48. The second kappa shape index (κ2) is 20.9. The lowest BCUT2D eigenvalue weighted by atomic mass is 9.79. The Morgan fingerprint density at radius 1 is 0.981 bits per heavy atom. The number of thiocarbonyl (C=S) groups is 1. The molecule has 2 heterocycles. The van der Waals surface area contributed by atoms with Gasteiger partial charge in [0.15, 0.2) is 11.2 Å². The van der Waals surface area contributed by atoms with Crippen LogP contribution in [0.3, 0.4) is 0 Å². The van der Waals surface area contributed by atoms with E-state index in [0.717, 1.165) is 19.3 Å². The van der Waals surface area contributed by atoms with E-state index in [4.69, 9.17) is 27.4 Å². The number of unbranched alkanes of at least 4 members (excludes halogenated alkanes) is 1. The molecule has 2 aliphatic heterocycles. The molecule has 2 amide bonds. The summed E-state index contributed by atoms with van der Waals surface area (Å²) in [6.45, 7) is 4.10. The molecule has 3 aliphatic rings. The third kappa shape index (κ3) is 12.6. The van der Waals surface area contributed by atoms with Crippen molar-refractivity contribution in [1.82, 2.24) is 30.5 Å². The number of hydrogen-bond donors (Lipinski definition) is 7. The molecule has 54 heavy (non-hydrogen) atoms. The summed E-state index contributed by atoms with van der Waals surface area (Å²) in [5.74, 6) is -6.91. The van der Waals surface area contributed by atoms with E-state index in [1.54, 1.807) is 7.05 Å². The number of anilines is 1. The number of alkyl halides is 2. The summed E-state index contributed by atoms with van der Waals surface area (Å²) in [5, 5.41) is 25.6. The Balaban J connectivity index is 1.51. The Morgan fingerprint density at radius 2 is 1.61 bits per heavy atom. The number of rotatable bonds is 19. The van der Waals surface area contributed by atoms with Gasteiger partial charge in [-0.25, -0.2) is 8.42 Å². The first-order valence-corrected chi connectivity index (χ1v) is 20.8.